The lowest BCUT2D eigenvalue weighted by Crippen LogP contribution is -2.36. The molecule has 0 saturated carbocycles. The molecule has 4 rings (SSSR count). The molecule has 0 spiro atoms. The Kier molecular flexibility index (Phi) is 4.51. The summed E-state index contributed by atoms with van der Waals surface area (Å²) in [5.41, 5.74) is 6.38. The third kappa shape index (κ3) is 3.13. The second-order valence-corrected chi connectivity index (χ2v) is 7.30. The van der Waals surface area contributed by atoms with Crippen LogP contribution in [0.2, 0.25) is 0 Å². The van der Waals surface area contributed by atoms with Crippen molar-refractivity contribution >= 4 is 11.1 Å². The Labute approximate surface area is 153 Å². The van der Waals surface area contributed by atoms with Crippen molar-refractivity contribution in [1.82, 2.24) is 4.90 Å². The molecule has 0 fully saturated rings. The van der Waals surface area contributed by atoms with E-state index in [1.807, 2.05) is 19.1 Å². The molecule has 2 aromatic rings. The molecule has 26 heavy (non-hydrogen) atoms. The second-order valence-electron chi connectivity index (χ2n) is 7.30. The quantitative estimate of drug-likeness (QED) is 0.921. The van der Waals surface area contributed by atoms with Crippen LogP contribution in [-0.4, -0.2) is 29.3 Å². The van der Waals surface area contributed by atoms with Gasteiger partial charge in [-0.2, -0.15) is 0 Å². The molecule has 1 unspecified atom stereocenters. The first kappa shape index (κ1) is 17.2. The van der Waals surface area contributed by atoms with E-state index >= 15 is 0 Å². The molecule has 0 bridgehead atoms. The molecule has 0 saturated heterocycles. The molecule has 1 atom stereocenters. The zero-order chi connectivity index (χ0) is 18.3. The van der Waals surface area contributed by atoms with Crippen LogP contribution < -0.4 is 10.4 Å². The van der Waals surface area contributed by atoms with Crippen LogP contribution in [0, 0.1) is 12.7 Å². The highest BCUT2D eigenvalue weighted by molar-refractivity contribution is 5.83. The summed E-state index contributed by atoms with van der Waals surface area (Å²) in [4.78, 5) is 2.07. The van der Waals surface area contributed by atoms with Crippen molar-refractivity contribution in [3.8, 4) is 0 Å². The lowest BCUT2D eigenvalue weighted by molar-refractivity contribution is 0.0252. The fraction of sp³-hybridized carbons (Fsp3) is 0.304. The fourth-order valence-electron chi connectivity index (χ4n) is 4.03. The summed E-state index contributed by atoms with van der Waals surface area (Å²) in [6, 6.07) is 13.4. The third-order valence-corrected chi connectivity index (χ3v) is 5.53. The van der Waals surface area contributed by atoms with Crippen LogP contribution in [-0.2, 0) is 0 Å². The summed E-state index contributed by atoms with van der Waals surface area (Å²) in [6.45, 7) is 5.60. The largest absolute Gasteiger partial charge is 0.379 e. The average Bonchev–Trinajstić information content (AvgIpc) is 3.01. The molecule has 0 aromatic heterocycles. The van der Waals surface area contributed by atoms with Crippen molar-refractivity contribution in [2.45, 2.75) is 32.9 Å². The number of hydrogen-bond acceptors (Lipinski definition) is 2. The Morgan fingerprint density at radius 1 is 1.04 bits per heavy atom. The molecule has 2 nitrogen and oxygen atoms in total. The third-order valence-electron chi connectivity index (χ3n) is 5.53. The number of nitrogens with zero attached hydrogens (tertiary/aromatic N) is 1. The minimum Gasteiger partial charge on any atom is -0.379 e. The minimum atomic E-state index is -0.405. The summed E-state index contributed by atoms with van der Waals surface area (Å²) in [5, 5.41) is 12.4. The van der Waals surface area contributed by atoms with E-state index in [4.69, 9.17) is 0 Å². The van der Waals surface area contributed by atoms with Crippen LogP contribution in [0.25, 0.3) is 11.1 Å². The highest BCUT2D eigenvalue weighted by atomic mass is 19.1. The fourth-order valence-corrected chi connectivity index (χ4v) is 4.03. The lowest BCUT2D eigenvalue weighted by Gasteiger charge is -2.29. The molecule has 1 aliphatic carbocycles. The van der Waals surface area contributed by atoms with E-state index < -0.39 is 6.23 Å². The predicted octanol–water partition coefficient (Wildman–Crippen LogP) is 2.86. The summed E-state index contributed by atoms with van der Waals surface area (Å²) >= 11 is 0. The van der Waals surface area contributed by atoms with Gasteiger partial charge in [-0.1, -0.05) is 42.0 Å². The van der Waals surface area contributed by atoms with Crippen molar-refractivity contribution in [2.75, 3.05) is 13.1 Å². The molecule has 0 radical (unpaired) electrons. The van der Waals surface area contributed by atoms with Gasteiger partial charge in [-0.25, -0.2) is 4.39 Å². The number of halogens is 1. The highest BCUT2D eigenvalue weighted by Crippen LogP contribution is 2.30. The summed E-state index contributed by atoms with van der Waals surface area (Å²) in [6.07, 6.45) is 3.68. The smallest absolute Gasteiger partial charge is 0.123 e. The number of fused-ring (bicyclic) bond motifs is 1. The van der Waals surface area contributed by atoms with E-state index in [0.717, 1.165) is 31.5 Å². The Morgan fingerprint density at radius 2 is 1.81 bits per heavy atom. The summed E-state index contributed by atoms with van der Waals surface area (Å²) < 4.78 is 13.3. The van der Waals surface area contributed by atoms with E-state index in [0.29, 0.717) is 0 Å². The van der Waals surface area contributed by atoms with Gasteiger partial charge < -0.3 is 5.11 Å². The Bertz CT molecular complexity index is 986. The van der Waals surface area contributed by atoms with Gasteiger partial charge in [0, 0.05) is 13.1 Å². The maximum atomic E-state index is 13.3. The Morgan fingerprint density at radius 3 is 2.46 bits per heavy atom. The standard InChI is InChI=1S/C23H24FNO/c1-15-3-8-20-21(17-4-6-19(24)7-5-17)14-22(23(20)13-15)18-9-11-25(12-10-18)16(2)26/h3-9,13,16,26H,10-12,14H2,1-2H3. The normalized spacial score (nSPS) is 18.7. The molecule has 2 aromatic carbocycles. The maximum Gasteiger partial charge on any atom is 0.123 e. The van der Waals surface area contributed by atoms with Gasteiger partial charge in [0.25, 0.3) is 0 Å². The van der Waals surface area contributed by atoms with E-state index in [1.165, 1.54) is 44.9 Å². The van der Waals surface area contributed by atoms with Crippen molar-refractivity contribution < 1.29 is 9.50 Å². The average molecular weight is 349 g/mol. The van der Waals surface area contributed by atoms with Gasteiger partial charge in [-0.05, 0) is 71.5 Å². The van der Waals surface area contributed by atoms with E-state index in [2.05, 4.69) is 36.1 Å². The highest BCUT2D eigenvalue weighted by Gasteiger charge is 2.22. The van der Waals surface area contributed by atoms with Crippen LogP contribution in [0.5, 0.6) is 0 Å². The van der Waals surface area contributed by atoms with Crippen molar-refractivity contribution in [2.24, 2.45) is 0 Å². The van der Waals surface area contributed by atoms with Gasteiger partial charge >= 0.3 is 0 Å². The summed E-state index contributed by atoms with van der Waals surface area (Å²) in [5.74, 6) is -0.200. The number of benzene rings is 2. The van der Waals surface area contributed by atoms with Crippen LogP contribution in [0.15, 0.2) is 54.1 Å². The molecular formula is C23H24FNO. The van der Waals surface area contributed by atoms with Crippen molar-refractivity contribution in [3.63, 3.8) is 0 Å². The topological polar surface area (TPSA) is 23.5 Å². The van der Waals surface area contributed by atoms with E-state index in [-0.39, 0.29) is 5.82 Å². The lowest BCUT2D eigenvalue weighted by atomic mass is 9.94. The van der Waals surface area contributed by atoms with Gasteiger partial charge in [-0.3, -0.25) is 4.90 Å². The minimum absolute atomic E-state index is 0.200. The van der Waals surface area contributed by atoms with Gasteiger partial charge in [0.05, 0.1) is 0 Å². The van der Waals surface area contributed by atoms with Gasteiger partial charge in [0.2, 0.25) is 0 Å². The van der Waals surface area contributed by atoms with E-state index in [9.17, 15) is 9.50 Å². The first-order valence-electron chi connectivity index (χ1n) is 9.23. The molecule has 134 valence electrons. The SMILES string of the molecule is Cc1ccc2c(c1)=C(C1=CCN(C(C)O)CC1)CC=2c1ccc(F)cc1. The zero-order valence-electron chi connectivity index (χ0n) is 15.3. The van der Waals surface area contributed by atoms with Crippen molar-refractivity contribution in [3.05, 3.63) is 81.5 Å². The molecule has 0 amide bonds. The molecular weight excluding hydrogens is 325 g/mol. The Balaban J connectivity index is 1.81. The number of aliphatic hydroxyl groups is 1. The van der Waals surface area contributed by atoms with Gasteiger partial charge in [0.1, 0.15) is 12.0 Å². The number of aryl methyl sites for hydroxylation is 1. The molecule has 1 N–H and O–H groups in total. The van der Waals surface area contributed by atoms with Crippen LogP contribution in [0.1, 0.15) is 30.9 Å². The van der Waals surface area contributed by atoms with Crippen molar-refractivity contribution in [1.29, 1.82) is 0 Å². The molecule has 1 aliphatic heterocycles. The monoisotopic (exact) mass is 349 g/mol. The van der Waals surface area contributed by atoms with Gasteiger partial charge in [-0.15, -0.1) is 0 Å². The first-order chi connectivity index (χ1) is 12.5. The van der Waals surface area contributed by atoms with Crippen LogP contribution >= 0.6 is 0 Å². The number of aliphatic hydroxyl groups excluding tert-OH is 1. The molecule has 1 heterocycles. The first-order valence-corrected chi connectivity index (χ1v) is 9.23. The zero-order valence-corrected chi connectivity index (χ0v) is 15.3. The molecule has 3 heteroatoms. The second kappa shape index (κ2) is 6.82. The van der Waals surface area contributed by atoms with Gasteiger partial charge in [0.15, 0.2) is 0 Å². The number of hydrogen-bond donors (Lipinski definition) is 1. The maximum absolute atomic E-state index is 13.3. The predicted molar refractivity (Wildman–Crippen MR) is 103 cm³/mol. The molecule has 2 aliphatic rings. The van der Waals surface area contributed by atoms with E-state index in [1.54, 1.807) is 0 Å². The Hall–Kier alpha value is -2.23. The van der Waals surface area contributed by atoms with Crippen LogP contribution in [0.4, 0.5) is 4.39 Å². The number of rotatable bonds is 3. The van der Waals surface area contributed by atoms with Crippen LogP contribution in [0.3, 0.4) is 0 Å². The summed E-state index contributed by atoms with van der Waals surface area (Å²) in [7, 11) is 0.